The fourth-order valence-electron chi connectivity index (χ4n) is 3.08. The summed E-state index contributed by atoms with van der Waals surface area (Å²) in [5.74, 6) is 0.640. The molecule has 8 heteroatoms. The number of carbonyl (C=O) groups is 2. The van der Waals surface area contributed by atoms with Gasteiger partial charge in [0, 0.05) is 31.6 Å². The van der Waals surface area contributed by atoms with Gasteiger partial charge < -0.3 is 19.5 Å². The summed E-state index contributed by atoms with van der Waals surface area (Å²) in [6.07, 6.45) is 3.03. The van der Waals surface area contributed by atoms with E-state index in [2.05, 4.69) is 10.3 Å². The smallest absolute Gasteiger partial charge is 0.317 e. The molecule has 0 aliphatic carbocycles. The van der Waals surface area contributed by atoms with Crippen LogP contribution in [0.1, 0.15) is 39.7 Å². The van der Waals surface area contributed by atoms with Crippen LogP contribution in [0, 0.1) is 13.8 Å². The van der Waals surface area contributed by atoms with Gasteiger partial charge in [-0.2, -0.15) is 0 Å². The number of aryl methyl sites for hydroxylation is 2. The first-order valence-corrected chi connectivity index (χ1v) is 9.58. The Hall–Kier alpha value is -2.35. The summed E-state index contributed by atoms with van der Waals surface area (Å²) >= 11 is 1.58. The van der Waals surface area contributed by atoms with Crippen LogP contribution in [-0.2, 0) is 6.54 Å². The van der Waals surface area contributed by atoms with E-state index >= 15 is 0 Å². The fourth-order valence-corrected chi connectivity index (χ4v) is 3.69. The predicted octanol–water partition coefficient (Wildman–Crippen LogP) is 2.80. The zero-order chi connectivity index (χ0) is 18.7. The first-order chi connectivity index (χ1) is 12.4. The highest BCUT2D eigenvalue weighted by atomic mass is 32.1. The van der Waals surface area contributed by atoms with Gasteiger partial charge in [0.05, 0.1) is 29.1 Å². The lowest BCUT2D eigenvalue weighted by Gasteiger charge is -2.33. The van der Waals surface area contributed by atoms with Crippen molar-refractivity contribution in [1.82, 2.24) is 20.1 Å². The Balaban J connectivity index is 1.46. The second kappa shape index (κ2) is 7.90. The molecule has 0 bridgehead atoms. The maximum atomic E-state index is 12.5. The molecule has 3 heterocycles. The largest absolute Gasteiger partial charge is 0.469 e. The number of amides is 3. The van der Waals surface area contributed by atoms with Crippen LogP contribution in [0.2, 0.25) is 0 Å². The first kappa shape index (κ1) is 18.4. The number of aromatic nitrogens is 1. The van der Waals surface area contributed by atoms with Crippen LogP contribution in [0.25, 0.3) is 0 Å². The van der Waals surface area contributed by atoms with Gasteiger partial charge in [0.25, 0.3) is 5.91 Å². The minimum absolute atomic E-state index is 0.00273. The Labute approximate surface area is 157 Å². The molecule has 1 aliphatic rings. The molecule has 0 atom stereocenters. The van der Waals surface area contributed by atoms with E-state index in [4.69, 9.17) is 4.42 Å². The Morgan fingerprint density at radius 3 is 2.69 bits per heavy atom. The third-order valence-electron chi connectivity index (χ3n) is 4.61. The molecule has 0 spiro atoms. The van der Waals surface area contributed by atoms with Crippen molar-refractivity contribution >= 4 is 23.3 Å². The van der Waals surface area contributed by atoms with Gasteiger partial charge >= 0.3 is 6.03 Å². The molecule has 0 radical (unpaired) electrons. The molecule has 0 unspecified atom stereocenters. The van der Waals surface area contributed by atoms with Crippen molar-refractivity contribution in [3.05, 3.63) is 39.7 Å². The highest BCUT2D eigenvalue weighted by Gasteiger charge is 2.26. The summed E-state index contributed by atoms with van der Waals surface area (Å²) in [5.41, 5.74) is 1.52. The molecule has 1 N–H and O–H groups in total. The summed E-state index contributed by atoms with van der Waals surface area (Å²) in [6, 6.07) is 1.68. The zero-order valence-electron chi connectivity index (χ0n) is 15.3. The maximum absolute atomic E-state index is 12.5. The van der Waals surface area contributed by atoms with Gasteiger partial charge in [-0.3, -0.25) is 4.79 Å². The van der Waals surface area contributed by atoms with Gasteiger partial charge in [0.1, 0.15) is 5.76 Å². The van der Waals surface area contributed by atoms with Crippen molar-refractivity contribution in [1.29, 1.82) is 0 Å². The minimum Gasteiger partial charge on any atom is -0.469 e. The summed E-state index contributed by atoms with van der Waals surface area (Å²) in [5, 5.41) is 6.03. The van der Waals surface area contributed by atoms with E-state index in [1.165, 1.54) is 6.26 Å². The predicted molar refractivity (Wildman–Crippen MR) is 99.2 cm³/mol. The van der Waals surface area contributed by atoms with Crippen molar-refractivity contribution in [2.75, 3.05) is 20.1 Å². The number of thiazole rings is 1. The number of furan rings is 1. The van der Waals surface area contributed by atoms with Crippen molar-refractivity contribution in [3.8, 4) is 0 Å². The molecule has 3 amide bonds. The Morgan fingerprint density at radius 1 is 1.38 bits per heavy atom. The van der Waals surface area contributed by atoms with E-state index in [0.29, 0.717) is 31.0 Å². The summed E-state index contributed by atoms with van der Waals surface area (Å²) in [4.78, 5) is 32.7. The van der Waals surface area contributed by atoms with Crippen molar-refractivity contribution in [3.63, 3.8) is 0 Å². The van der Waals surface area contributed by atoms with Gasteiger partial charge in [0.2, 0.25) is 0 Å². The molecule has 7 nitrogen and oxygen atoms in total. The molecule has 2 aromatic heterocycles. The summed E-state index contributed by atoms with van der Waals surface area (Å²) in [6.45, 7) is 5.49. The average Bonchev–Trinajstić information content (AvgIpc) is 3.23. The number of piperidine rings is 1. The molecule has 1 fully saturated rings. The van der Waals surface area contributed by atoms with Gasteiger partial charge in [-0.25, -0.2) is 9.78 Å². The second-order valence-corrected chi connectivity index (χ2v) is 7.68. The van der Waals surface area contributed by atoms with Gasteiger partial charge in [-0.15, -0.1) is 11.3 Å². The van der Waals surface area contributed by atoms with Crippen LogP contribution in [0.3, 0.4) is 0 Å². The van der Waals surface area contributed by atoms with Gasteiger partial charge in [-0.05, 0) is 32.8 Å². The van der Waals surface area contributed by atoms with Crippen molar-refractivity contribution in [2.24, 2.45) is 0 Å². The standard InChI is InChI=1S/C18H24N4O3S/c1-12-16(6-9-25-12)17(23)22-7-4-14(5-8-22)20-18(24)21(3)10-15-11-26-13(2)19-15/h6,9,11,14H,4-5,7-8,10H2,1-3H3,(H,20,24). The Morgan fingerprint density at radius 2 is 2.12 bits per heavy atom. The number of carbonyl (C=O) groups excluding carboxylic acids is 2. The lowest BCUT2D eigenvalue weighted by Crippen LogP contribution is -2.49. The lowest BCUT2D eigenvalue weighted by molar-refractivity contribution is 0.0705. The number of hydrogen-bond donors (Lipinski definition) is 1. The summed E-state index contributed by atoms with van der Waals surface area (Å²) in [7, 11) is 1.77. The Kier molecular flexibility index (Phi) is 5.61. The molecular weight excluding hydrogens is 352 g/mol. The number of likely N-dealkylation sites (tertiary alicyclic amines) is 1. The minimum atomic E-state index is -0.105. The molecule has 0 saturated carbocycles. The van der Waals surface area contributed by atoms with Crippen molar-refractivity contribution in [2.45, 2.75) is 39.3 Å². The quantitative estimate of drug-likeness (QED) is 0.890. The fraction of sp³-hybridized carbons (Fsp3) is 0.500. The number of nitrogens with one attached hydrogen (secondary N) is 1. The highest BCUT2D eigenvalue weighted by molar-refractivity contribution is 7.09. The van der Waals surface area contributed by atoms with Crippen LogP contribution in [0.15, 0.2) is 22.1 Å². The van der Waals surface area contributed by atoms with Crippen LogP contribution in [0.5, 0.6) is 0 Å². The van der Waals surface area contributed by atoms with Crippen LogP contribution in [0.4, 0.5) is 4.79 Å². The zero-order valence-corrected chi connectivity index (χ0v) is 16.1. The average molecular weight is 376 g/mol. The second-order valence-electron chi connectivity index (χ2n) is 6.62. The SMILES string of the molecule is Cc1nc(CN(C)C(=O)NC2CCN(C(=O)c3ccoc3C)CC2)cs1. The van der Waals surface area contributed by atoms with E-state index in [0.717, 1.165) is 23.5 Å². The van der Waals surface area contributed by atoms with Gasteiger partial charge in [0.15, 0.2) is 0 Å². The van der Waals surface area contributed by atoms with Crippen molar-refractivity contribution < 1.29 is 14.0 Å². The highest BCUT2D eigenvalue weighted by Crippen LogP contribution is 2.17. The molecule has 0 aromatic carbocycles. The lowest BCUT2D eigenvalue weighted by atomic mass is 10.0. The molecule has 1 saturated heterocycles. The number of rotatable bonds is 4. The van der Waals surface area contributed by atoms with E-state index in [-0.39, 0.29) is 18.0 Å². The molecule has 3 rings (SSSR count). The molecular formula is C18H24N4O3S. The molecule has 26 heavy (non-hydrogen) atoms. The van der Waals surface area contributed by atoms with E-state index in [9.17, 15) is 9.59 Å². The number of urea groups is 1. The third kappa shape index (κ3) is 4.24. The monoisotopic (exact) mass is 376 g/mol. The maximum Gasteiger partial charge on any atom is 0.317 e. The molecule has 140 valence electrons. The third-order valence-corrected chi connectivity index (χ3v) is 5.43. The van der Waals surface area contributed by atoms with Crippen LogP contribution in [-0.4, -0.2) is 52.9 Å². The molecule has 1 aliphatic heterocycles. The van der Waals surface area contributed by atoms with E-state index < -0.39 is 0 Å². The molecule has 2 aromatic rings. The van der Waals surface area contributed by atoms with E-state index in [1.807, 2.05) is 17.2 Å². The summed E-state index contributed by atoms with van der Waals surface area (Å²) < 4.78 is 5.21. The number of hydrogen-bond acceptors (Lipinski definition) is 5. The van der Waals surface area contributed by atoms with Crippen LogP contribution < -0.4 is 5.32 Å². The van der Waals surface area contributed by atoms with Crippen LogP contribution >= 0.6 is 11.3 Å². The van der Waals surface area contributed by atoms with E-state index in [1.54, 1.807) is 36.3 Å². The van der Waals surface area contributed by atoms with Gasteiger partial charge in [-0.1, -0.05) is 0 Å². The number of nitrogens with zero attached hydrogens (tertiary/aromatic N) is 3. The first-order valence-electron chi connectivity index (χ1n) is 8.70. The topological polar surface area (TPSA) is 78.7 Å². The normalized spacial score (nSPS) is 15.1. The Bertz CT molecular complexity index is 777.